The molecule has 0 fully saturated rings. The third kappa shape index (κ3) is 3.95. The molecule has 0 bridgehead atoms. The number of thioether (sulfide) groups is 1. The van der Waals surface area contributed by atoms with Gasteiger partial charge in [-0.1, -0.05) is 11.8 Å². The highest BCUT2D eigenvalue weighted by Crippen LogP contribution is 2.32. The van der Waals surface area contributed by atoms with Crippen LogP contribution in [-0.2, 0) is 17.8 Å². The van der Waals surface area contributed by atoms with Gasteiger partial charge < -0.3 is 14.4 Å². The molecule has 29 heavy (non-hydrogen) atoms. The lowest BCUT2D eigenvalue weighted by Gasteiger charge is -2.29. The Labute approximate surface area is 176 Å². The Hall–Kier alpha value is -2.59. The fourth-order valence-electron chi connectivity index (χ4n) is 3.27. The molecule has 3 aromatic rings. The Morgan fingerprint density at radius 3 is 2.93 bits per heavy atom. The summed E-state index contributed by atoms with van der Waals surface area (Å²) in [5.41, 5.74) is 1.90. The molecule has 4 rings (SSSR count). The van der Waals surface area contributed by atoms with Gasteiger partial charge in [0.25, 0.3) is 0 Å². The van der Waals surface area contributed by atoms with Crippen molar-refractivity contribution in [3.05, 3.63) is 40.1 Å². The van der Waals surface area contributed by atoms with Crippen LogP contribution in [0, 0.1) is 0 Å². The first-order chi connectivity index (χ1) is 14.1. The largest absolute Gasteiger partial charge is 0.497 e. The minimum absolute atomic E-state index is 0.0824. The van der Waals surface area contributed by atoms with Crippen molar-refractivity contribution < 1.29 is 14.3 Å². The lowest BCUT2D eigenvalue weighted by Crippen LogP contribution is -2.39. The maximum Gasteiger partial charge on any atom is 0.236 e. The number of ether oxygens (including phenoxy) is 2. The maximum atomic E-state index is 13.0. The van der Waals surface area contributed by atoms with E-state index in [4.69, 9.17) is 9.47 Å². The van der Waals surface area contributed by atoms with Crippen molar-refractivity contribution in [2.45, 2.75) is 30.3 Å². The van der Waals surface area contributed by atoms with E-state index in [0.29, 0.717) is 28.9 Å². The molecule has 1 unspecified atom stereocenters. The molecule has 8 nitrogen and oxygen atoms in total. The predicted molar refractivity (Wildman–Crippen MR) is 111 cm³/mol. The van der Waals surface area contributed by atoms with E-state index in [2.05, 4.69) is 27.0 Å². The molecule has 1 atom stereocenters. The van der Waals surface area contributed by atoms with Gasteiger partial charge in [-0.15, -0.1) is 16.4 Å². The molecule has 10 heteroatoms. The highest BCUT2D eigenvalue weighted by Gasteiger charge is 2.27. The van der Waals surface area contributed by atoms with Gasteiger partial charge in [0.1, 0.15) is 17.2 Å². The number of tetrazole rings is 1. The zero-order chi connectivity index (χ0) is 20.4. The third-order valence-electron chi connectivity index (χ3n) is 4.80. The van der Waals surface area contributed by atoms with Crippen molar-refractivity contribution in [3.63, 3.8) is 0 Å². The molecule has 3 heterocycles. The molecule has 0 N–H and O–H groups in total. The summed E-state index contributed by atoms with van der Waals surface area (Å²) < 4.78 is 12.3. The fourth-order valence-corrected chi connectivity index (χ4v) is 5.04. The number of benzene rings is 1. The smallest absolute Gasteiger partial charge is 0.236 e. The summed E-state index contributed by atoms with van der Waals surface area (Å²) in [5.74, 6) is 1.36. The van der Waals surface area contributed by atoms with Gasteiger partial charge in [0.15, 0.2) is 0 Å². The van der Waals surface area contributed by atoms with Crippen molar-refractivity contribution in [3.8, 4) is 17.2 Å². The summed E-state index contributed by atoms with van der Waals surface area (Å²) >= 11 is 3.09. The number of nitrogens with zero attached hydrogens (tertiary/aromatic N) is 5. The van der Waals surface area contributed by atoms with Gasteiger partial charge in [-0.3, -0.25) is 4.79 Å². The van der Waals surface area contributed by atoms with Crippen molar-refractivity contribution >= 4 is 29.0 Å². The van der Waals surface area contributed by atoms with Gasteiger partial charge in [0, 0.05) is 24.0 Å². The quantitative estimate of drug-likeness (QED) is 0.555. The van der Waals surface area contributed by atoms with E-state index >= 15 is 0 Å². The van der Waals surface area contributed by atoms with Crippen LogP contribution in [0.1, 0.15) is 17.4 Å². The van der Waals surface area contributed by atoms with Crippen LogP contribution >= 0.6 is 23.1 Å². The first-order valence-electron chi connectivity index (χ1n) is 9.12. The summed E-state index contributed by atoms with van der Waals surface area (Å²) in [6, 6.07) is 7.51. The number of hydrogen-bond donors (Lipinski definition) is 0. The van der Waals surface area contributed by atoms with Gasteiger partial charge in [-0.05, 0) is 52.9 Å². The highest BCUT2D eigenvalue weighted by molar-refractivity contribution is 8.00. The Morgan fingerprint density at radius 1 is 1.28 bits per heavy atom. The van der Waals surface area contributed by atoms with Gasteiger partial charge >= 0.3 is 0 Å². The maximum absolute atomic E-state index is 13.0. The zero-order valence-electron chi connectivity index (χ0n) is 16.4. The summed E-state index contributed by atoms with van der Waals surface area (Å²) in [6.45, 7) is 3.29. The van der Waals surface area contributed by atoms with E-state index in [0.717, 1.165) is 13.0 Å². The number of hydrogen-bond acceptors (Lipinski definition) is 8. The van der Waals surface area contributed by atoms with Crippen molar-refractivity contribution in [1.82, 2.24) is 25.1 Å². The Morgan fingerprint density at radius 2 is 2.14 bits per heavy atom. The molecule has 1 aliphatic heterocycles. The van der Waals surface area contributed by atoms with Gasteiger partial charge in [-0.25, -0.2) is 0 Å². The van der Waals surface area contributed by atoms with Crippen LogP contribution in [0.2, 0.25) is 0 Å². The molecule has 0 saturated heterocycles. The molecule has 0 saturated carbocycles. The number of aromatic nitrogens is 4. The number of amides is 1. The molecule has 0 radical (unpaired) electrons. The summed E-state index contributed by atoms with van der Waals surface area (Å²) in [7, 11) is 3.18. The van der Waals surface area contributed by atoms with E-state index in [1.54, 1.807) is 48.4 Å². The predicted octanol–water partition coefficient (Wildman–Crippen LogP) is 2.81. The van der Waals surface area contributed by atoms with E-state index in [1.165, 1.54) is 22.2 Å². The van der Waals surface area contributed by atoms with E-state index in [-0.39, 0.29) is 11.2 Å². The molecular formula is C19H21N5O3S2. The van der Waals surface area contributed by atoms with Crippen LogP contribution in [0.4, 0.5) is 0 Å². The second-order valence-corrected chi connectivity index (χ2v) is 8.86. The number of fused-ring (bicyclic) bond motifs is 1. The SMILES string of the molecule is COc1ccc(OC)c(-n2nnnc2SC(C)C(=O)N2CCc3sccc3C2)c1. The molecule has 2 aromatic heterocycles. The van der Waals surface area contributed by atoms with Crippen LogP contribution in [0.15, 0.2) is 34.8 Å². The van der Waals surface area contributed by atoms with Gasteiger partial charge in [0.2, 0.25) is 11.1 Å². The minimum Gasteiger partial charge on any atom is -0.497 e. The number of rotatable bonds is 6. The van der Waals surface area contributed by atoms with Crippen molar-refractivity contribution in [1.29, 1.82) is 0 Å². The molecule has 1 amide bonds. The minimum atomic E-state index is -0.323. The van der Waals surface area contributed by atoms with Crippen LogP contribution in [0.5, 0.6) is 11.5 Å². The lowest BCUT2D eigenvalue weighted by molar-refractivity contribution is -0.131. The number of carbonyl (C=O) groups excluding carboxylic acids is 1. The summed E-state index contributed by atoms with van der Waals surface area (Å²) in [4.78, 5) is 16.3. The first kappa shape index (κ1) is 19.7. The molecule has 0 spiro atoms. The Bertz CT molecular complexity index is 1020. The molecule has 1 aromatic carbocycles. The van der Waals surface area contributed by atoms with Crippen LogP contribution < -0.4 is 9.47 Å². The lowest BCUT2D eigenvalue weighted by atomic mass is 10.1. The van der Waals surface area contributed by atoms with Gasteiger partial charge in [0.05, 0.1) is 19.5 Å². The summed E-state index contributed by atoms with van der Waals surface area (Å²) in [6.07, 6.45) is 0.912. The monoisotopic (exact) mass is 431 g/mol. The van der Waals surface area contributed by atoms with Crippen LogP contribution in [0.25, 0.3) is 5.69 Å². The second-order valence-electron chi connectivity index (χ2n) is 6.55. The third-order valence-corrected chi connectivity index (χ3v) is 6.85. The highest BCUT2D eigenvalue weighted by atomic mass is 32.2. The fraction of sp³-hybridized carbons (Fsp3) is 0.368. The van der Waals surface area contributed by atoms with Crippen LogP contribution in [0.3, 0.4) is 0 Å². The number of methoxy groups -OCH3 is 2. The molecule has 152 valence electrons. The Balaban J connectivity index is 1.53. The Kier molecular flexibility index (Phi) is 5.72. The van der Waals surface area contributed by atoms with E-state index in [9.17, 15) is 4.79 Å². The zero-order valence-corrected chi connectivity index (χ0v) is 18.0. The normalized spacial score (nSPS) is 14.4. The average molecular weight is 432 g/mol. The molecule has 0 aliphatic carbocycles. The van der Waals surface area contributed by atoms with Gasteiger partial charge in [-0.2, -0.15) is 4.68 Å². The second kappa shape index (κ2) is 8.42. The molecular weight excluding hydrogens is 410 g/mol. The topological polar surface area (TPSA) is 82.4 Å². The van der Waals surface area contributed by atoms with Crippen molar-refractivity contribution in [2.75, 3.05) is 20.8 Å². The number of carbonyl (C=O) groups is 1. The van der Waals surface area contributed by atoms with E-state index in [1.807, 2.05) is 11.8 Å². The molecule has 1 aliphatic rings. The van der Waals surface area contributed by atoms with Crippen LogP contribution in [-0.4, -0.2) is 57.0 Å². The average Bonchev–Trinajstić information content (AvgIpc) is 3.41. The summed E-state index contributed by atoms with van der Waals surface area (Å²) in [5, 5.41) is 14.3. The van der Waals surface area contributed by atoms with E-state index < -0.39 is 0 Å². The van der Waals surface area contributed by atoms with Crippen molar-refractivity contribution in [2.24, 2.45) is 0 Å². The number of thiophene rings is 1. The first-order valence-corrected chi connectivity index (χ1v) is 10.9. The standard InChI is InChI=1S/C19H21N5O3S2/c1-12(18(25)23-8-6-17-13(11-23)7-9-28-17)29-19-20-21-22-24(19)15-10-14(26-2)4-5-16(15)27-3/h4-5,7,9-10,12H,6,8,11H2,1-3H3.